The van der Waals surface area contributed by atoms with Crippen LogP contribution < -0.4 is 11.1 Å². The molecule has 1 aliphatic rings. The third kappa shape index (κ3) is 4.38. The van der Waals surface area contributed by atoms with E-state index in [9.17, 15) is 5.26 Å². The molecule has 1 aliphatic heterocycles. The molecule has 30 heavy (non-hydrogen) atoms. The SMILES string of the molecule is Cc1c(Nc2c(C#N)cncc2/C=C/CCN2CCC[C@H](N)C2)ccc2[nH]ccc12. The topological polar surface area (TPSA) is 93.8 Å². The van der Waals surface area contributed by atoms with Gasteiger partial charge in [-0.2, -0.15) is 5.26 Å². The van der Waals surface area contributed by atoms with Crippen molar-refractivity contribution in [3.05, 3.63) is 59.6 Å². The lowest BCUT2D eigenvalue weighted by Crippen LogP contribution is -2.42. The second-order valence-electron chi connectivity index (χ2n) is 7.96. The number of anilines is 2. The van der Waals surface area contributed by atoms with Gasteiger partial charge < -0.3 is 20.9 Å². The predicted octanol–water partition coefficient (Wildman–Crippen LogP) is 4.31. The van der Waals surface area contributed by atoms with Crippen molar-refractivity contribution >= 4 is 28.4 Å². The van der Waals surface area contributed by atoms with Gasteiger partial charge in [-0.25, -0.2) is 0 Å². The summed E-state index contributed by atoms with van der Waals surface area (Å²) in [5, 5.41) is 14.3. The molecule has 0 aliphatic carbocycles. The standard InChI is InChI=1S/C24H28N6/c1-17-21-9-10-28-23(21)8-7-22(17)29-24-18(14-27-15-19(24)13-25)5-2-3-11-30-12-4-6-20(26)16-30/h2,5,7-10,14-15,20,28H,3-4,6,11-12,16,26H2,1H3,(H,27,29)/b5-2+/t20-/m0/s1. The molecule has 4 N–H and O–H groups in total. The van der Waals surface area contributed by atoms with Gasteiger partial charge in [0.1, 0.15) is 6.07 Å². The smallest absolute Gasteiger partial charge is 0.103 e. The molecule has 3 heterocycles. The Balaban J connectivity index is 1.52. The first kappa shape index (κ1) is 20.1. The molecule has 3 aromatic rings. The van der Waals surface area contributed by atoms with Crippen LogP contribution in [0, 0.1) is 18.3 Å². The van der Waals surface area contributed by atoms with Gasteiger partial charge in [-0.05, 0) is 56.5 Å². The maximum Gasteiger partial charge on any atom is 0.103 e. The van der Waals surface area contributed by atoms with Crippen molar-refractivity contribution in [1.29, 1.82) is 5.26 Å². The highest BCUT2D eigenvalue weighted by Crippen LogP contribution is 2.30. The van der Waals surface area contributed by atoms with E-state index in [-0.39, 0.29) is 0 Å². The van der Waals surface area contributed by atoms with Gasteiger partial charge in [0.2, 0.25) is 0 Å². The number of piperidine rings is 1. The summed E-state index contributed by atoms with van der Waals surface area (Å²) in [7, 11) is 0. The first-order valence-electron chi connectivity index (χ1n) is 10.5. The average Bonchev–Trinajstić information content (AvgIpc) is 3.23. The fourth-order valence-electron chi connectivity index (χ4n) is 4.14. The predicted molar refractivity (Wildman–Crippen MR) is 123 cm³/mol. The van der Waals surface area contributed by atoms with Gasteiger partial charge in [0.15, 0.2) is 0 Å². The van der Waals surface area contributed by atoms with Gasteiger partial charge >= 0.3 is 0 Å². The highest BCUT2D eigenvalue weighted by molar-refractivity contribution is 5.89. The maximum absolute atomic E-state index is 9.62. The third-order valence-corrected chi connectivity index (χ3v) is 5.81. The number of aryl methyl sites for hydroxylation is 1. The lowest BCUT2D eigenvalue weighted by Gasteiger charge is -2.30. The molecule has 1 fully saturated rings. The summed E-state index contributed by atoms with van der Waals surface area (Å²) in [4.78, 5) is 9.92. The van der Waals surface area contributed by atoms with Crippen molar-refractivity contribution in [2.45, 2.75) is 32.2 Å². The van der Waals surface area contributed by atoms with Gasteiger partial charge in [-0.3, -0.25) is 4.98 Å². The molecule has 1 atom stereocenters. The van der Waals surface area contributed by atoms with Crippen LogP contribution in [0.1, 0.15) is 36.0 Å². The molecule has 0 radical (unpaired) electrons. The Bertz CT molecular complexity index is 1090. The number of nitrogens with zero attached hydrogens (tertiary/aromatic N) is 3. The molecule has 154 valence electrons. The minimum Gasteiger partial charge on any atom is -0.361 e. The van der Waals surface area contributed by atoms with Crippen LogP contribution in [0.4, 0.5) is 11.4 Å². The zero-order valence-electron chi connectivity index (χ0n) is 17.4. The van der Waals surface area contributed by atoms with E-state index in [0.29, 0.717) is 11.6 Å². The van der Waals surface area contributed by atoms with Crippen molar-refractivity contribution in [3.63, 3.8) is 0 Å². The molecule has 6 nitrogen and oxygen atoms in total. The molecule has 1 aromatic carbocycles. The van der Waals surface area contributed by atoms with Crippen LogP contribution in [0.25, 0.3) is 17.0 Å². The number of nitrogens with one attached hydrogen (secondary N) is 2. The van der Waals surface area contributed by atoms with Crippen LogP contribution in [-0.4, -0.2) is 40.5 Å². The Hall–Kier alpha value is -3.14. The van der Waals surface area contributed by atoms with E-state index in [0.717, 1.165) is 60.5 Å². The Kier molecular flexibility index (Phi) is 6.12. The lowest BCUT2D eigenvalue weighted by atomic mass is 10.1. The minimum atomic E-state index is 0.302. The lowest BCUT2D eigenvalue weighted by molar-refractivity contribution is 0.213. The number of nitriles is 1. The fourth-order valence-corrected chi connectivity index (χ4v) is 4.14. The Morgan fingerprint density at radius 1 is 1.37 bits per heavy atom. The molecule has 1 saturated heterocycles. The fraction of sp³-hybridized carbons (Fsp3) is 0.333. The summed E-state index contributed by atoms with van der Waals surface area (Å²) in [6.07, 6.45) is 12.8. The van der Waals surface area contributed by atoms with E-state index < -0.39 is 0 Å². The summed E-state index contributed by atoms with van der Waals surface area (Å²) in [5.74, 6) is 0. The summed E-state index contributed by atoms with van der Waals surface area (Å²) in [6.45, 7) is 5.19. The van der Waals surface area contributed by atoms with Gasteiger partial charge in [0.25, 0.3) is 0 Å². The van der Waals surface area contributed by atoms with Crippen LogP contribution in [0.15, 0.2) is 42.9 Å². The van der Waals surface area contributed by atoms with Crippen LogP contribution in [-0.2, 0) is 0 Å². The molecule has 0 saturated carbocycles. The Labute approximate surface area is 177 Å². The number of nitrogens with two attached hydrogens (primary N) is 1. The Morgan fingerprint density at radius 3 is 3.10 bits per heavy atom. The molecule has 0 spiro atoms. The number of fused-ring (bicyclic) bond motifs is 1. The summed E-state index contributed by atoms with van der Waals surface area (Å²) >= 11 is 0. The van der Waals surface area contributed by atoms with Gasteiger partial charge in [0, 0.05) is 59.9 Å². The first-order valence-corrected chi connectivity index (χ1v) is 10.5. The number of aromatic amines is 1. The number of rotatable bonds is 6. The van der Waals surface area contributed by atoms with Crippen molar-refractivity contribution < 1.29 is 0 Å². The average molecular weight is 401 g/mol. The number of likely N-dealkylation sites (tertiary alicyclic amines) is 1. The monoisotopic (exact) mass is 400 g/mol. The van der Waals surface area contributed by atoms with Crippen molar-refractivity contribution in [2.24, 2.45) is 5.73 Å². The normalized spacial score (nSPS) is 17.4. The summed E-state index contributed by atoms with van der Waals surface area (Å²) in [6, 6.07) is 8.74. The number of hydrogen-bond acceptors (Lipinski definition) is 5. The molecule has 0 bridgehead atoms. The van der Waals surface area contributed by atoms with E-state index >= 15 is 0 Å². The van der Waals surface area contributed by atoms with E-state index in [1.165, 1.54) is 11.8 Å². The zero-order valence-corrected chi connectivity index (χ0v) is 17.4. The third-order valence-electron chi connectivity index (χ3n) is 5.81. The van der Waals surface area contributed by atoms with Crippen LogP contribution in [0.2, 0.25) is 0 Å². The molecule has 2 aromatic heterocycles. The highest BCUT2D eigenvalue weighted by Gasteiger charge is 2.15. The van der Waals surface area contributed by atoms with Crippen LogP contribution in [0.3, 0.4) is 0 Å². The van der Waals surface area contributed by atoms with Crippen molar-refractivity contribution in [3.8, 4) is 6.07 Å². The molecule has 6 heteroatoms. The van der Waals surface area contributed by atoms with Gasteiger partial charge in [0.05, 0.1) is 11.3 Å². The van der Waals surface area contributed by atoms with Gasteiger partial charge in [-0.1, -0.05) is 12.2 Å². The second-order valence-corrected chi connectivity index (χ2v) is 7.96. The first-order chi connectivity index (χ1) is 14.7. The number of aromatic nitrogens is 2. The van der Waals surface area contributed by atoms with Crippen molar-refractivity contribution in [2.75, 3.05) is 25.0 Å². The largest absolute Gasteiger partial charge is 0.361 e. The molecular formula is C24H28N6. The zero-order chi connectivity index (χ0) is 20.9. The second kappa shape index (κ2) is 9.12. The molecule has 0 amide bonds. The quantitative estimate of drug-likeness (QED) is 0.573. The summed E-state index contributed by atoms with van der Waals surface area (Å²) in [5.41, 5.74) is 11.6. The van der Waals surface area contributed by atoms with Gasteiger partial charge in [-0.15, -0.1) is 0 Å². The van der Waals surface area contributed by atoms with Crippen LogP contribution >= 0.6 is 0 Å². The number of benzene rings is 1. The highest BCUT2D eigenvalue weighted by atomic mass is 15.1. The van der Waals surface area contributed by atoms with E-state index in [1.807, 2.05) is 12.3 Å². The van der Waals surface area contributed by atoms with E-state index in [4.69, 9.17) is 5.73 Å². The van der Waals surface area contributed by atoms with Crippen molar-refractivity contribution in [1.82, 2.24) is 14.9 Å². The molecule has 4 rings (SSSR count). The Morgan fingerprint density at radius 2 is 2.27 bits per heavy atom. The van der Waals surface area contributed by atoms with E-state index in [1.54, 1.807) is 12.4 Å². The number of H-pyrrole nitrogens is 1. The van der Waals surface area contributed by atoms with E-state index in [2.05, 4.69) is 57.5 Å². The van der Waals surface area contributed by atoms with Crippen LogP contribution in [0.5, 0.6) is 0 Å². The summed E-state index contributed by atoms with van der Waals surface area (Å²) < 4.78 is 0. The molecule has 0 unspecified atom stereocenters. The number of pyridine rings is 1. The maximum atomic E-state index is 9.62. The number of hydrogen-bond donors (Lipinski definition) is 3. The molecular weight excluding hydrogens is 372 g/mol. The minimum absolute atomic E-state index is 0.302.